The minimum Gasteiger partial charge on any atom is -0.469 e. The van der Waals surface area contributed by atoms with Crippen LogP contribution in [0.25, 0.3) is 11.1 Å². The number of nitrogen functional groups attached to an aromatic ring is 1. The lowest BCUT2D eigenvalue weighted by atomic mass is 9.74. The van der Waals surface area contributed by atoms with Crippen LogP contribution in [0.3, 0.4) is 0 Å². The molecule has 25 heavy (non-hydrogen) atoms. The van der Waals surface area contributed by atoms with Crippen molar-refractivity contribution >= 4 is 17.4 Å². The zero-order valence-electron chi connectivity index (χ0n) is 14.4. The third-order valence-electron chi connectivity index (χ3n) is 5.02. The molecule has 0 spiro atoms. The number of ether oxygens (including phenoxy) is 1. The number of nitrogens with two attached hydrogens (primary N) is 1. The summed E-state index contributed by atoms with van der Waals surface area (Å²) in [7, 11) is 1.39. The number of rotatable bonds is 4. The van der Waals surface area contributed by atoms with Crippen molar-refractivity contribution in [3.63, 3.8) is 0 Å². The van der Waals surface area contributed by atoms with Gasteiger partial charge in [-0.1, -0.05) is 49.2 Å². The molecule has 0 heterocycles. The Morgan fingerprint density at radius 1 is 0.960 bits per heavy atom. The van der Waals surface area contributed by atoms with Gasteiger partial charge in [0.05, 0.1) is 13.0 Å². The summed E-state index contributed by atoms with van der Waals surface area (Å²) >= 11 is 0. The number of hydrogen-bond acceptors (Lipinski definition) is 4. The van der Waals surface area contributed by atoms with Gasteiger partial charge in [-0.05, 0) is 36.1 Å². The summed E-state index contributed by atoms with van der Waals surface area (Å²) in [6.45, 7) is 0. The normalized spacial score (nSPS) is 20.0. The first-order valence-electron chi connectivity index (χ1n) is 8.69. The van der Waals surface area contributed by atoms with Gasteiger partial charge in [0.2, 0.25) is 0 Å². The van der Waals surface area contributed by atoms with Gasteiger partial charge in [0.15, 0.2) is 5.78 Å². The van der Waals surface area contributed by atoms with E-state index in [0.29, 0.717) is 17.7 Å². The molecular weight excluding hydrogens is 314 g/mol. The van der Waals surface area contributed by atoms with Gasteiger partial charge in [0.25, 0.3) is 0 Å². The molecule has 0 aromatic heterocycles. The van der Waals surface area contributed by atoms with Crippen molar-refractivity contribution in [2.45, 2.75) is 25.7 Å². The topological polar surface area (TPSA) is 69.4 Å². The highest BCUT2D eigenvalue weighted by molar-refractivity contribution is 6.05. The van der Waals surface area contributed by atoms with Gasteiger partial charge >= 0.3 is 5.97 Å². The standard InChI is InChI=1S/C21H23NO3/c1-25-21(24)19-9-5-4-8-18(19)20(23)17-7-3-2-6-16(17)14-10-12-15(22)13-11-14/h2-3,6-7,10-13,18-19H,4-5,8-9,22H2,1H3/t18-,19+/m1/s1. The largest absolute Gasteiger partial charge is 0.469 e. The summed E-state index contributed by atoms with van der Waals surface area (Å²) in [5.74, 6) is -0.896. The van der Waals surface area contributed by atoms with Crippen LogP contribution in [0.2, 0.25) is 0 Å². The highest BCUT2D eigenvalue weighted by atomic mass is 16.5. The fourth-order valence-corrected chi connectivity index (χ4v) is 3.69. The third kappa shape index (κ3) is 3.58. The lowest BCUT2D eigenvalue weighted by Crippen LogP contribution is -2.33. The first-order chi connectivity index (χ1) is 12.1. The smallest absolute Gasteiger partial charge is 0.309 e. The number of esters is 1. The molecule has 0 aliphatic heterocycles. The predicted molar refractivity (Wildman–Crippen MR) is 98.1 cm³/mol. The van der Waals surface area contributed by atoms with Crippen LogP contribution < -0.4 is 5.73 Å². The van der Waals surface area contributed by atoms with Crippen molar-refractivity contribution in [1.82, 2.24) is 0 Å². The van der Waals surface area contributed by atoms with Crippen molar-refractivity contribution in [1.29, 1.82) is 0 Å². The molecule has 4 heteroatoms. The summed E-state index contributed by atoms with van der Waals surface area (Å²) in [4.78, 5) is 25.4. The predicted octanol–water partition coefficient (Wildman–Crippen LogP) is 4.10. The van der Waals surface area contributed by atoms with Crippen LogP contribution in [0.4, 0.5) is 5.69 Å². The number of benzene rings is 2. The van der Waals surface area contributed by atoms with Crippen LogP contribution in [-0.4, -0.2) is 18.9 Å². The zero-order valence-corrected chi connectivity index (χ0v) is 14.4. The van der Waals surface area contributed by atoms with Crippen LogP contribution in [0.15, 0.2) is 48.5 Å². The minimum absolute atomic E-state index is 0.0301. The number of Topliss-reactive ketones (excluding diaryl/α,β-unsaturated/α-hetero) is 1. The summed E-state index contributed by atoms with van der Waals surface area (Å²) in [5.41, 5.74) is 8.94. The van der Waals surface area contributed by atoms with E-state index in [0.717, 1.165) is 30.4 Å². The summed E-state index contributed by atoms with van der Waals surface area (Å²) < 4.78 is 4.93. The second-order valence-electron chi connectivity index (χ2n) is 6.55. The zero-order chi connectivity index (χ0) is 17.8. The van der Waals surface area contributed by atoms with E-state index in [-0.39, 0.29) is 23.6 Å². The Morgan fingerprint density at radius 3 is 2.28 bits per heavy atom. The molecule has 0 saturated heterocycles. The Balaban J connectivity index is 1.97. The quantitative estimate of drug-likeness (QED) is 0.518. The van der Waals surface area contributed by atoms with E-state index in [2.05, 4.69) is 0 Å². The lowest BCUT2D eigenvalue weighted by molar-refractivity contribution is -0.147. The van der Waals surface area contributed by atoms with Crippen LogP contribution in [0, 0.1) is 11.8 Å². The number of carbonyl (C=O) groups excluding carboxylic acids is 2. The highest BCUT2D eigenvalue weighted by Gasteiger charge is 2.37. The van der Waals surface area contributed by atoms with Crippen molar-refractivity contribution < 1.29 is 14.3 Å². The van der Waals surface area contributed by atoms with E-state index in [1.165, 1.54) is 7.11 Å². The van der Waals surface area contributed by atoms with Crippen molar-refractivity contribution in [2.24, 2.45) is 11.8 Å². The molecule has 2 aromatic rings. The fraction of sp³-hybridized carbons (Fsp3) is 0.333. The molecule has 0 amide bonds. The number of hydrogen-bond donors (Lipinski definition) is 1. The van der Waals surface area contributed by atoms with Crippen LogP contribution in [-0.2, 0) is 9.53 Å². The Labute approximate surface area is 148 Å². The van der Waals surface area contributed by atoms with Gasteiger partial charge in [-0.3, -0.25) is 9.59 Å². The maximum Gasteiger partial charge on any atom is 0.309 e. The molecule has 2 atom stereocenters. The van der Waals surface area contributed by atoms with Gasteiger partial charge in [-0.15, -0.1) is 0 Å². The molecule has 2 N–H and O–H groups in total. The van der Waals surface area contributed by atoms with Crippen molar-refractivity contribution in [3.05, 3.63) is 54.1 Å². The molecule has 3 rings (SSSR count). The maximum absolute atomic E-state index is 13.3. The second-order valence-corrected chi connectivity index (χ2v) is 6.55. The van der Waals surface area contributed by atoms with E-state index in [4.69, 9.17) is 10.5 Å². The van der Waals surface area contributed by atoms with Crippen LogP contribution >= 0.6 is 0 Å². The van der Waals surface area contributed by atoms with Gasteiger partial charge in [0.1, 0.15) is 0 Å². The molecule has 0 radical (unpaired) electrons. The molecule has 4 nitrogen and oxygen atoms in total. The minimum atomic E-state index is -0.342. The molecular formula is C21H23NO3. The van der Waals surface area contributed by atoms with E-state index in [9.17, 15) is 9.59 Å². The average Bonchev–Trinajstić information content (AvgIpc) is 2.67. The summed E-state index contributed by atoms with van der Waals surface area (Å²) in [5, 5.41) is 0. The first kappa shape index (κ1) is 17.2. The number of anilines is 1. The maximum atomic E-state index is 13.3. The average molecular weight is 337 g/mol. The number of methoxy groups -OCH3 is 1. The molecule has 2 aromatic carbocycles. The van der Waals surface area contributed by atoms with Crippen LogP contribution in [0.5, 0.6) is 0 Å². The molecule has 0 bridgehead atoms. The number of carbonyl (C=O) groups is 2. The summed E-state index contributed by atoms with van der Waals surface area (Å²) in [6, 6.07) is 15.1. The third-order valence-corrected chi connectivity index (χ3v) is 5.02. The van der Waals surface area contributed by atoms with E-state index < -0.39 is 0 Å². The molecule has 1 fully saturated rings. The van der Waals surface area contributed by atoms with Gasteiger partial charge in [-0.25, -0.2) is 0 Å². The SMILES string of the molecule is COC(=O)[C@H]1CCCC[C@H]1C(=O)c1ccccc1-c1ccc(N)cc1. The summed E-state index contributed by atoms with van der Waals surface area (Å²) in [6.07, 6.45) is 3.37. The molecule has 1 aliphatic carbocycles. The molecule has 130 valence electrons. The Hall–Kier alpha value is -2.62. The lowest BCUT2D eigenvalue weighted by Gasteiger charge is -2.29. The van der Waals surface area contributed by atoms with Gasteiger partial charge in [0, 0.05) is 17.2 Å². The Bertz CT molecular complexity index is 767. The monoisotopic (exact) mass is 337 g/mol. The van der Waals surface area contributed by atoms with E-state index in [1.807, 2.05) is 48.5 Å². The second kappa shape index (κ2) is 7.51. The number of ketones is 1. The van der Waals surface area contributed by atoms with E-state index in [1.54, 1.807) is 0 Å². The van der Waals surface area contributed by atoms with Gasteiger partial charge in [-0.2, -0.15) is 0 Å². The van der Waals surface area contributed by atoms with Crippen molar-refractivity contribution in [3.8, 4) is 11.1 Å². The fourth-order valence-electron chi connectivity index (χ4n) is 3.69. The van der Waals surface area contributed by atoms with E-state index >= 15 is 0 Å². The first-order valence-corrected chi connectivity index (χ1v) is 8.69. The Morgan fingerprint density at radius 2 is 1.60 bits per heavy atom. The molecule has 0 unspecified atom stereocenters. The Kier molecular flexibility index (Phi) is 5.17. The molecule has 1 saturated carbocycles. The van der Waals surface area contributed by atoms with Crippen molar-refractivity contribution in [2.75, 3.05) is 12.8 Å². The van der Waals surface area contributed by atoms with Gasteiger partial charge < -0.3 is 10.5 Å². The van der Waals surface area contributed by atoms with Crippen LogP contribution in [0.1, 0.15) is 36.0 Å². The molecule has 1 aliphatic rings. The highest BCUT2D eigenvalue weighted by Crippen LogP contribution is 2.35.